The number of fused-ring (bicyclic) bond motifs is 2. The molecule has 1 saturated carbocycles. The Bertz CT molecular complexity index is 2090. The lowest BCUT2D eigenvalue weighted by Gasteiger charge is -2.20. The van der Waals surface area contributed by atoms with E-state index in [9.17, 15) is 9.18 Å². The smallest absolute Gasteiger partial charge is 0.227 e. The van der Waals surface area contributed by atoms with Gasteiger partial charge in [0.25, 0.3) is 0 Å². The molecule has 6 aromatic rings. The maximum absolute atomic E-state index is 14.8. The summed E-state index contributed by atoms with van der Waals surface area (Å²) in [6.07, 6.45) is 14.6. The van der Waals surface area contributed by atoms with Crippen LogP contribution in [-0.2, 0) is 4.79 Å². The standard InChI is InChI=1S/C37H37FN8O2/c38-27-14-24(16-29(18-27)48-13-12-46-10-4-5-11-46)30-8-9-40-35-31(30)19-33(43-35)34-32-17-26(21-41-36(32)45-44-34)25-15-28(22-39-20-25)42-37(47)23-6-2-1-3-7-23/h8-9,14-23H,1-7,10-13H2,(H,40,43)(H,42,47)(H,41,44,45). The topological polar surface area (TPSA) is 125 Å². The third kappa shape index (κ3) is 6.25. The van der Waals surface area contributed by atoms with Crippen LogP contribution in [0.1, 0.15) is 44.9 Å². The molecule has 1 aromatic carbocycles. The minimum absolute atomic E-state index is 0.0566. The van der Waals surface area contributed by atoms with Crippen LogP contribution in [0.15, 0.2) is 67.3 Å². The van der Waals surface area contributed by atoms with Gasteiger partial charge in [0.1, 0.15) is 23.8 Å². The summed E-state index contributed by atoms with van der Waals surface area (Å²) in [5, 5.41) is 12.3. The summed E-state index contributed by atoms with van der Waals surface area (Å²) >= 11 is 0. The molecule has 1 aliphatic heterocycles. The molecule has 1 amide bonds. The van der Waals surface area contributed by atoms with Crippen molar-refractivity contribution in [2.75, 3.05) is 31.6 Å². The van der Waals surface area contributed by atoms with Crippen LogP contribution >= 0.6 is 0 Å². The van der Waals surface area contributed by atoms with Crippen molar-refractivity contribution in [1.29, 1.82) is 0 Å². The van der Waals surface area contributed by atoms with Crippen molar-refractivity contribution < 1.29 is 13.9 Å². The molecule has 11 heteroatoms. The summed E-state index contributed by atoms with van der Waals surface area (Å²) in [7, 11) is 0. The van der Waals surface area contributed by atoms with Crippen molar-refractivity contribution in [3.8, 4) is 39.4 Å². The highest BCUT2D eigenvalue weighted by atomic mass is 19.1. The van der Waals surface area contributed by atoms with Crippen LogP contribution in [0.25, 0.3) is 55.7 Å². The molecule has 2 aliphatic rings. The van der Waals surface area contributed by atoms with E-state index < -0.39 is 0 Å². The molecule has 0 spiro atoms. The second-order valence-electron chi connectivity index (χ2n) is 12.9. The number of nitrogens with one attached hydrogen (secondary N) is 3. The summed E-state index contributed by atoms with van der Waals surface area (Å²) in [4.78, 5) is 32.2. The van der Waals surface area contributed by atoms with E-state index in [1.165, 1.54) is 31.4 Å². The molecule has 0 unspecified atom stereocenters. The number of anilines is 1. The lowest BCUT2D eigenvalue weighted by atomic mass is 9.88. The number of halogens is 1. The number of rotatable bonds is 9. The molecular formula is C37H37FN8O2. The van der Waals surface area contributed by atoms with E-state index in [0.29, 0.717) is 34.9 Å². The molecule has 244 valence electrons. The summed E-state index contributed by atoms with van der Waals surface area (Å²) in [6, 6.07) is 12.7. The van der Waals surface area contributed by atoms with Gasteiger partial charge in [-0.2, -0.15) is 5.10 Å². The number of pyridine rings is 3. The Morgan fingerprint density at radius 2 is 1.77 bits per heavy atom. The van der Waals surface area contributed by atoms with Gasteiger partial charge in [-0.15, -0.1) is 0 Å². The fraction of sp³-hybridized carbons (Fsp3) is 0.324. The predicted molar refractivity (Wildman–Crippen MR) is 184 cm³/mol. The lowest BCUT2D eigenvalue weighted by molar-refractivity contribution is -0.120. The van der Waals surface area contributed by atoms with Crippen molar-refractivity contribution in [1.82, 2.24) is 35.0 Å². The van der Waals surface area contributed by atoms with Gasteiger partial charge in [-0.25, -0.2) is 14.4 Å². The number of nitrogens with zero attached hydrogens (tertiary/aromatic N) is 5. The molecule has 2 fully saturated rings. The Morgan fingerprint density at radius 3 is 2.65 bits per heavy atom. The van der Waals surface area contributed by atoms with E-state index in [2.05, 4.69) is 40.3 Å². The number of aromatic nitrogens is 6. The van der Waals surface area contributed by atoms with Gasteiger partial charge in [0.15, 0.2) is 5.65 Å². The minimum atomic E-state index is -0.352. The number of amides is 1. The van der Waals surface area contributed by atoms with Crippen molar-refractivity contribution >= 4 is 33.7 Å². The second-order valence-corrected chi connectivity index (χ2v) is 12.9. The molecule has 1 saturated heterocycles. The first-order valence-corrected chi connectivity index (χ1v) is 16.8. The van der Waals surface area contributed by atoms with Crippen LogP contribution in [0.3, 0.4) is 0 Å². The van der Waals surface area contributed by atoms with Gasteiger partial charge in [-0.05, 0) is 86.3 Å². The molecule has 3 N–H and O–H groups in total. The monoisotopic (exact) mass is 644 g/mol. The highest BCUT2D eigenvalue weighted by molar-refractivity contribution is 6.00. The summed E-state index contributed by atoms with van der Waals surface area (Å²) in [5.41, 5.74) is 6.66. The minimum Gasteiger partial charge on any atom is -0.492 e. The maximum Gasteiger partial charge on any atom is 0.227 e. The van der Waals surface area contributed by atoms with Crippen LogP contribution in [0, 0.1) is 11.7 Å². The second kappa shape index (κ2) is 13.2. The van der Waals surface area contributed by atoms with Gasteiger partial charge in [0, 0.05) is 59.0 Å². The zero-order valence-corrected chi connectivity index (χ0v) is 26.6. The van der Waals surface area contributed by atoms with E-state index >= 15 is 0 Å². The normalized spacial score (nSPS) is 15.8. The van der Waals surface area contributed by atoms with Crippen molar-refractivity contribution in [3.63, 3.8) is 0 Å². The van der Waals surface area contributed by atoms with Crippen LogP contribution in [0.2, 0.25) is 0 Å². The number of carbonyl (C=O) groups excluding carboxylic acids is 1. The van der Waals surface area contributed by atoms with E-state index in [-0.39, 0.29) is 17.6 Å². The van der Waals surface area contributed by atoms with Crippen molar-refractivity contribution in [2.45, 2.75) is 44.9 Å². The Kier molecular flexibility index (Phi) is 8.27. The molecule has 8 rings (SSSR count). The molecule has 0 atom stereocenters. The van der Waals surface area contributed by atoms with E-state index in [1.807, 2.05) is 30.3 Å². The quantitative estimate of drug-likeness (QED) is 0.150. The summed E-state index contributed by atoms with van der Waals surface area (Å²) in [5.74, 6) is 0.275. The third-order valence-electron chi connectivity index (χ3n) is 9.58. The summed E-state index contributed by atoms with van der Waals surface area (Å²) < 4.78 is 20.8. The fourth-order valence-corrected chi connectivity index (χ4v) is 7.05. The molecule has 0 bridgehead atoms. The third-order valence-corrected chi connectivity index (χ3v) is 9.58. The van der Waals surface area contributed by atoms with Crippen molar-refractivity contribution in [3.05, 3.63) is 73.1 Å². The van der Waals surface area contributed by atoms with Gasteiger partial charge in [0.05, 0.1) is 23.3 Å². The zero-order valence-electron chi connectivity index (χ0n) is 26.6. The van der Waals surface area contributed by atoms with E-state index in [4.69, 9.17) is 4.74 Å². The first kappa shape index (κ1) is 30.2. The lowest BCUT2D eigenvalue weighted by Crippen LogP contribution is -2.25. The average Bonchev–Trinajstić information content (AvgIpc) is 3.88. The molecule has 48 heavy (non-hydrogen) atoms. The van der Waals surface area contributed by atoms with Gasteiger partial charge in [-0.3, -0.25) is 19.8 Å². The number of ether oxygens (including phenoxy) is 1. The van der Waals surface area contributed by atoms with Gasteiger partial charge >= 0.3 is 0 Å². The molecule has 0 radical (unpaired) electrons. The number of hydrogen-bond donors (Lipinski definition) is 3. The zero-order chi connectivity index (χ0) is 32.5. The Hall–Kier alpha value is -5.16. The highest BCUT2D eigenvalue weighted by Gasteiger charge is 2.22. The molecule has 10 nitrogen and oxygen atoms in total. The van der Waals surface area contributed by atoms with E-state index in [1.54, 1.807) is 24.8 Å². The SMILES string of the molecule is O=C(Nc1cncc(-c2cnc3n[nH]c(-c4cc5c(-c6cc(F)cc(OCCN7CCCC7)c6)ccnc5[nH]4)c3c2)c1)C1CCCCC1. The Balaban J connectivity index is 1.07. The van der Waals surface area contributed by atoms with Gasteiger partial charge < -0.3 is 15.0 Å². The molecular weight excluding hydrogens is 607 g/mol. The Labute approximate surface area is 277 Å². The Morgan fingerprint density at radius 1 is 0.917 bits per heavy atom. The first-order chi connectivity index (χ1) is 23.6. The maximum atomic E-state index is 14.8. The number of hydrogen-bond acceptors (Lipinski definition) is 7. The van der Waals surface area contributed by atoms with Gasteiger partial charge in [-0.1, -0.05) is 19.3 Å². The molecule has 1 aliphatic carbocycles. The highest BCUT2D eigenvalue weighted by Crippen LogP contribution is 2.36. The van der Waals surface area contributed by atoms with Gasteiger partial charge in [0.2, 0.25) is 5.91 Å². The average molecular weight is 645 g/mol. The number of carbonyl (C=O) groups is 1. The fourth-order valence-electron chi connectivity index (χ4n) is 7.05. The largest absolute Gasteiger partial charge is 0.492 e. The van der Waals surface area contributed by atoms with E-state index in [0.717, 1.165) is 84.2 Å². The van der Waals surface area contributed by atoms with Crippen LogP contribution < -0.4 is 10.1 Å². The van der Waals surface area contributed by atoms with Crippen LogP contribution in [0.5, 0.6) is 5.75 Å². The number of aromatic amines is 2. The number of likely N-dealkylation sites (tertiary alicyclic amines) is 1. The first-order valence-electron chi connectivity index (χ1n) is 16.8. The molecule has 6 heterocycles. The van der Waals surface area contributed by atoms with Crippen LogP contribution in [-0.4, -0.2) is 67.2 Å². The van der Waals surface area contributed by atoms with Crippen molar-refractivity contribution in [2.24, 2.45) is 5.92 Å². The number of benzene rings is 1. The molecule has 5 aromatic heterocycles. The number of H-pyrrole nitrogens is 2. The summed E-state index contributed by atoms with van der Waals surface area (Å²) in [6.45, 7) is 3.54. The van der Waals surface area contributed by atoms with Crippen LogP contribution in [0.4, 0.5) is 10.1 Å². The predicted octanol–water partition coefficient (Wildman–Crippen LogP) is 7.36.